The van der Waals surface area contributed by atoms with Crippen LogP contribution in [0.3, 0.4) is 0 Å². The van der Waals surface area contributed by atoms with Gasteiger partial charge >= 0.3 is 0 Å². The van der Waals surface area contributed by atoms with Crippen LogP contribution in [0.15, 0.2) is 0 Å². The van der Waals surface area contributed by atoms with Crippen LogP contribution < -0.4 is 5.73 Å². The summed E-state index contributed by atoms with van der Waals surface area (Å²) in [5.41, 5.74) is 5.57. The Morgan fingerprint density at radius 2 is 2.09 bits per heavy atom. The summed E-state index contributed by atoms with van der Waals surface area (Å²) in [4.78, 5) is 0. The quantitative estimate of drug-likeness (QED) is 0.775. The van der Waals surface area contributed by atoms with Gasteiger partial charge in [-0.3, -0.25) is 4.57 Å². The first-order chi connectivity index (χ1) is 4.79. The Hall–Kier alpha value is -0.330. The van der Waals surface area contributed by atoms with Gasteiger partial charge < -0.3 is 5.73 Å². The number of rotatable bonds is 1. The lowest BCUT2D eigenvalue weighted by molar-refractivity contribution is 0.720. The molecule has 0 spiro atoms. The van der Waals surface area contributed by atoms with E-state index < -0.39 is 0 Å². The predicted molar refractivity (Wildman–Crippen MR) is 52.9 cm³/mol. The number of nitrogens with two attached hydrogens (primary N) is 1. The van der Waals surface area contributed by atoms with Gasteiger partial charge in [-0.15, -0.1) is 34.2 Å². The van der Waals surface area contributed by atoms with E-state index >= 15 is 0 Å². The van der Waals surface area contributed by atoms with Crippen molar-refractivity contribution in [2.75, 3.05) is 5.73 Å². The van der Waals surface area contributed by atoms with Crippen LogP contribution in [0.4, 0.5) is 5.95 Å². The summed E-state index contributed by atoms with van der Waals surface area (Å²) in [5.74, 6) is 1.49. The molecule has 2 rings (SSSR count). The minimum absolute atomic E-state index is 0. The highest BCUT2D eigenvalue weighted by atomic mass is 127. The second-order valence-electron chi connectivity index (χ2n) is 2.71. The number of nitrogen functional groups attached to an aromatic ring is 1. The third-order valence-electron chi connectivity index (χ3n) is 1.80. The molecule has 1 aromatic rings. The summed E-state index contributed by atoms with van der Waals surface area (Å²) in [7, 11) is 0. The van der Waals surface area contributed by atoms with Gasteiger partial charge in [-0.25, -0.2) is 0 Å². The molecule has 0 bridgehead atoms. The van der Waals surface area contributed by atoms with Crippen molar-refractivity contribution in [2.24, 2.45) is 0 Å². The second-order valence-corrected chi connectivity index (χ2v) is 2.71. The van der Waals surface area contributed by atoms with Crippen molar-refractivity contribution in [2.45, 2.75) is 25.8 Å². The fourth-order valence-electron chi connectivity index (χ4n) is 1.17. The molecule has 1 fully saturated rings. The molecule has 0 unspecified atom stereocenters. The minimum atomic E-state index is 0. The third kappa shape index (κ3) is 1.47. The normalized spacial score (nSPS) is 16.1. The number of halogens is 1. The van der Waals surface area contributed by atoms with Crippen molar-refractivity contribution in [3.63, 3.8) is 0 Å². The van der Waals surface area contributed by atoms with Crippen molar-refractivity contribution >= 4 is 29.9 Å². The molecule has 0 amide bonds. The summed E-state index contributed by atoms with van der Waals surface area (Å²) in [6.07, 6.45) is 2.45. The fourth-order valence-corrected chi connectivity index (χ4v) is 1.17. The van der Waals surface area contributed by atoms with E-state index in [4.69, 9.17) is 5.73 Å². The van der Waals surface area contributed by atoms with Gasteiger partial charge in [-0.2, -0.15) is 0 Å². The second kappa shape index (κ2) is 2.96. The van der Waals surface area contributed by atoms with Gasteiger partial charge in [0.25, 0.3) is 0 Å². The molecule has 0 saturated heterocycles. The molecule has 0 radical (unpaired) electrons. The van der Waals surface area contributed by atoms with Crippen molar-refractivity contribution in [3.8, 4) is 0 Å². The molecule has 1 saturated carbocycles. The molecule has 0 atom stereocenters. The predicted octanol–water partition coefficient (Wildman–Crippen LogP) is 1.12. The van der Waals surface area contributed by atoms with E-state index in [-0.39, 0.29) is 24.0 Å². The zero-order valence-electron chi connectivity index (χ0n) is 6.32. The van der Waals surface area contributed by atoms with Crippen LogP contribution in [-0.4, -0.2) is 14.8 Å². The van der Waals surface area contributed by atoms with Crippen LogP contribution in [0.5, 0.6) is 0 Å². The Morgan fingerprint density at radius 3 is 2.45 bits per heavy atom. The average molecular weight is 266 g/mol. The lowest BCUT2D eigenvalue weighted by Gasteiger charge is -2.00. The van der Waals surface area contributed by atoms with Crippen molar-refractivity contribution < 1.29 is 0 Å². The molecule has 4 nitrogen and oxygen atoms in total. The van der Waals surface area contributed by atoms with Crippen molar-refractivity contribution in [3.05, 3.63) is 5.82 Å². The van der Waals surface area contributed by atoms with Crippen LogP contribution >= 0.6 is 24.0 Å². The Morgan fingerprint density at radius 1 is 1.45 bits per heavy atom. The molecule has 62 valence electrons. The summed E-state index contributed by atoms with van der Waals surface area (Å²) in [5, 5.41) is 7.63. The number of hydrogen-bond donors (Lipinski definition) is 1. The van der Waals surface area contributed by atoms with E-state index in [2.05, 4.69) is 10.2 Å². The van der Waals surface area contributed by atoms with Gasteiger partial charge in [-0.1, -0.05) is 0 Å². The van der Waals surface area contributed by atoms with Gasteiger partial charge in [-0.05, 0) is 19.8 Å². The highest BCUT2D eigenvalue weighted by Crippen LogP contribution is 2.36. The molecular weight excluding hydrogens is 255 g/mol. The molecule has 1 aliphatic carbocycles. The fraction of sp³-hybridized carbons (Fsp3) is 0.667. The number of aryl methyl sites for hydroxylation is 1. The van der Waals surface area contributed by atoms with Gasteiger partial charge in [0.05, 0.1) is 0 Å². The summed E-state index contributed by atoms with van der Waals surface area (Å²) in [6.45, 7) is 1.93. The monoisotopic (exact) mass is 266 g/mol. The minimum Gasteiger partial charge on any atom is -0.368 e. The van der Waals surface area contributed by atoms with Gasteiger partial charge in [0.1, 0.15) is 5.82 Å². The van der Waals surface area contributed by atoms with E-state index in [9.17, 15) is 0 Å². The standard InChI is InChI=1S/C6H10N4.HI/c1-4-8-9-6(7)10(4)5-2-3-5;/h5H,2-3H2,1H3,(H2,7,9);1H. The van der Waals surface area contributed by atoms with Crippen LogP contribution in [0.2, 0.25) is 0 Å². The Labute approximate surface area is 82.2 Å². The molecule has 5 heteroatoms. The van der Waals surface area contributed by atoms with Gasteiger partial charge in [0.2, 0.25) is 5.95 Å². The van der Waals surface area contributed by atoms with E-state index in [1.165, 1.54) is 12.8 Å². The Balaban J connectivity index is 0.000000605. The molecule has 0 aliphatic heterocycles. The highest BCUT2D eigenvalue weighted by Gasteiger charge is 2.26. The Kier molecular flexibility index (Phi) is 2.36. The van der Waals surface area contributed by atoms with Crippen LogP contribution in [0, 0.1) is 6.92 Å². The molecule has 1 aromatic heterocycles. The van der Waals surface area contributed by atoms with Crippen molar-refractivity contribution in [1.29, 1.82) is 0 Å². The maximum Gasteiger partial charge on any atom is 0.222 e. The SMILES string of the molecule is Cc1nnc(N)n1C1CC1.I. The van der Waals surface area contributed by atoms with Crippen LogP contribution in [0.1, 0.15) is 24.7 Å². The largest absolute Gasteiger partial charge is 0.368 e. The lowest BCUT2D eigenvalue weighted by atomic mass is 10.6. The smallest absolute Gasteiger partial charge is 0.222 e. The summed E-state index contributed by atoms with van der Waals surface area (Å²) in [6, 6.07) is 0.593. The Bertz CT molecular complexity index is 234. The molecule has 1 heterocycles. The summed E-state index contributed by atoms with van der Waals surface area (Å²) < 4.78 is 2.00. The molecule has 2 N–H and O–H groups in total. The average Bonchev–Trinajstić information content (AvgIpc) is 2.64. The topological polar surface area (TPSA) is 56.7 Å². The van der Waals surface area contributed by atoms with E-state index in [1.54, 1.807) is 0 Å². The first-order valence-electron chi connectivity index (χ1n) is 3.46. The zero-order chi connectivity index (χ0) is 7.14. The van der Waals surface area contributed by atoms with Gasteiger partial charge in [0.15, 0.2) is 0 Å². The molecule has 1 aliphatic rings. The number of hydrogen-bond acceptors (Lipinski definition) is 3. The maximum atomic E-state index is 5.57. The number of nitrogens with zero attached hydrogens (tertiary/aromatic N) is 3. The third-order valence-corrected chi connectivity index (χ3v) is 1.80. The van der Waals surface area contributed by atoms with E-state index in [0.717, 1.165) is 5.82 Å². The lowest BCUT2D eigenvalue weighted by Crippen LogP contribution is -2.02. The number of anilines is 1. The number of aromatic nitrogens is 3. The molecular formula is C6H11IN4. The first kappa shape index (κ1) is 8.76. The first-order valence-corrected chi connectivity index (χ1v) is 3.46. The van der Waals surface area contributed by atoms with E-state index in [0.29, 0.717) is 12.0 Å². The summed E-state index contributed by atoms with van der Waals surface area (Å²) >= 11 is 0. The van der Waals surface area contributed by atoms with Crippen molar-refractivity contribution in [1.82, 2.24) is 14.8 Å². The molecule has 11 heavy (non-hydrogen) atoms. The maximum absolute atomic E-state index is 5.57. The molecule has 0 aromatic carbocycles. The van der Waals surface area contributed by atoms with Crippen LogP contribution in [0.25, 0.3) is 0 Å². The highest BCUT2D eigenvalue weighted by molar-refractivity contribution is 14.0. The zero-order valence-corrected chi connectivity index (χ0v) is 8.65. The van der Waals surface area contributed by atoms with Gasteiger partial charge in [0, 0.05) is 6.04 Å². The van der Waals surface area contributed by atoms with E-state index in [1.807, 2.05) is 11.5 Å². The van der Waals surface area contributed by atoms with Crippen LogP contribution in [-0.2, 0) is 0 Å².